The third kappa shape index (κ3) is 5.37. The standard InChI is InChI=1S/C28H30ClN5O2/c1-17-11-18(2)13-19(12-17)26-27(36-10-7-20-5-3-4-8-31-20)21-14-24(33-25-6-9-30-16-32-25)22(29)15-23(21)34-28(26)35/h6,9,11-16,20,31H,3-5,7-8,10H2,1-2H3,(H,34,35)(H,30,32,33)/t20-/m0/s1. The van der Waals surface area contributed by atoms with Crippen molar-refractivity contribution < 1.29 is 4.74 Å². The van der Waals surface area contributed by atoms with E-state index in [0.717, 1.165) is 41.5 Å². The van der Waals surface area contributed by atoms with Crippen molar-refractivity contribution in [3.63, 3.8) is 0 Å². The number of H-pyrrole nitrogens is 1. The van der Waals surface area contributed by atoms with Gasteiger partial charge in [0.2, 0.25) is 0 Å². The van der Waals surface area contributed by atoms with Crippen molar-refractivity contribution in [3.8, 4) is 16.9 Å². The molecule has 0 amide bonds. The third-order valence-corrected chi connectivity index (χ3v) is 6.85. The van der Waals surface area contributed by atoms with E-state index < -0.39 is 0 Å². The number of fused-ring (bicyclic) bond motifs is 1. The normalized spacial score (nSPS) is 15.7. The Morgan fingerprint density at radius 2 is 1.97 bits per heavy atom. The fourth-order valence-corrected chi connectivity index (χ4v) is 5.10. The van der Waals surface area contributed by atoms with E-state index in [1.807, 2.05) is 32.0 Å². The van der Waals surface area contributed by atoms with E-state index >= 15 is 0 Å². The topological polar surface area (TPSA) is 91.9 Å². The molecule has 36 heavy (non-hydrogen) atoms. The molecule has 2 aromatic heterocycles. The maximum Gasteiger partial charge on any atom is 0.260 e. The molecule has 0 spiro atoms. The number of anilines is 2. The molecule has 1 saturated heterocycles. The van der Waals surface area contributed by atoms with Crippen molar-refractivity contribution in [1.82, 2.24) is 20.3 Å². The lowest BCUT2D eigenvalue weighted by Crippen LogP contribution is -2.35. The summed E-state index contributed by atoms with van der Waals surface area (Å²) in [4.78, 5) is 24.6. The summed E-state index contributed by atoms with van der Waals surface area (Å²) < 4.78 is 6.46. The lowest BCUT2D eigenvalue weighted by molar-refractivity contribution is 0.271. The van der Waals surface area contributed by atoms with Crippen LogP contribution in [0.5, 0.6) is 5.75 Å². The number of rotatable bonds is 7. The first-order chi connectivity index (χ1) is 17.5. The Hall–Kier alpha value is -3.42. The zero-order chi connectivity index (χ0) is 25.1. The second-order valence-corrected chi connectivity index (χ2v) is 9.82. The van der Waals surface area contributed by atoms with Crippen LogP contribution in [0.2, 0.25) is 5.02 Å². The van der Waals surface area contributed by atoms with Crippen molar-refractivity contribution in [3.05, 3.63) is 75.4 Å². The van der Waals surface area contributed by atoms with Crippen LogP contribution >= 0.6 is 11.6 Å². The lowest BCUT2D eigenvalue weighted by atomic mass is 9.99. The van der Waals surface area contributed by atoms with Crippen molar-refractivity contribution >= 4 is 34.0 Å². The minimum absolute atomic E-state index is 0.203. The Morgan fingerprint density at radius 1 is 1.14 bits per heavy atom. The lowest BCUT2D eigenvalue weighted by Gasteiger charge is -2.24. The minimum Gasteiger partial charge on any atom is -0.492 e. The summed E-state index contributed by atoms with van der Waals surface area (Å²) >= 11 is 6.59. The molecule has 0 unspecified atom stereocenters. The number of benzene rings is 2. The van der Waals surface area contributed by atoms with Gasteiger partial charge in [-0.05, 0) is 63.4 Å². The summed E-state index contributed by atoms with van der Waals surface area (Å²) in [5.41, 5.74) is 4.62. The molecular weight excluding hydrogens is 474 g/mol. The number of nitrogens with zero attached hydrogens (tertiary/aromatic N) is 2. The molecule has 186 valence electrons. The van der Waals surface area contributed by atoms with E-state index in [4.69, 9.17) is 16.3 Å². The van der Waals surface area contributed by atoms with Crippen molar-refractivity contribution in [2.45, 2.75) is 45.6 Å². The number of ether oxygens (including phenoxy) is 1. The van der Waals surface area contributed by atoms with Gasteiger partial charge in [0.15, 0.2) is 0 Å². The molecule has 3 N–H and O–H groups in total. The van der Waals surface area contributed by atoms with Gasteiger partial charge in [0.1, 0.15) is 17.9 Å². The van der Waals surface area contributed by atoms with Gasteiger partial charge < -0.3 is 20.4 Å². The number of aromatic amines is 1. The molecular formula is C28H30ClN5O2. The Bertz CT molecular complexity index is 1410. The monoisotopic (exact) mass is 503 g/mol. The van der Waals surface area contributed by atoms with Gasteiger partial charge in [0, 0.05) is 17.6 Å². The van der Waals surface area contributed by atoms with Crippen LogP contribution in [-0.4, -0.2) is 34.1 Å². The first-order valence-electron chi connectivity index (χ1n) is 12.4. The highest BCUT2D eigenvalue weighted by molar-refractivity contribution is 6.34. The largest absolute Gasteiger partial charge is 0.492 e. The highest BCUT2D eigenvalue weighted by Gasteiger charge is 2.20. The molecule has 3 heterocycles. The van der Waals surface area contributed by atoms with Gasteiger partial charge in [-0.25, -0.2) is 9.97 Å². The molecule has 0 radical (unpaired) electrons. The molecule has 2 aromatic carbocycles. The molecule has 7 nitrogen and oxygen atoms in total. The molecule has 0 bridgehead atoms. The number of pyridine rings is 1. The second kappa shape index (κ2) is 10.7. The van der Waals surface area contributed by atoms with Gasteiger partial charge in [0.25, 0.3) is 5.56 Å². The Balaban J connectivity index is 1.61. The second-order valence-electron chi connectivity index (χ2n) is 9.42. The SMILES string of the molecule is Cc1cc(C)cc(-c2c(OCC[C@@H]3CCCCN3)c3cc(Nc4ccncn4)c(Cl)cc3[nH]c2=O)c1. The molecule has 1 atom stereocenters. The molecule has 8 heteroatoms. The number of halogens is 1. The minimum atomic E-state index is -0.203. The summed E-state index contributed by atoms with van der Waals surface area (Å²) in [6.45, 7) is 5.61. The number of hydrogen-bond donors (Lipinski definition) is 3. The summed E-state index contributed by atoms with van der Waals surface area (Å²) in [5.74, 6) is 1.19. The van der Waals surface area contributed by atoms with E-state index in [1.54, 1.807) is 18.3 Å². The summed E-state index contributed by atoms with van der Waals surface area (Å²) in [6, 6.07) is 12.0. The molecule has 0 saturated carbocycles. The smallest absolute Gasteiger partial charge is 0.260 e. The van der Waals surface area contributed by atoms with Crippen LogP contribution in [-0.2, 0) is 0 Å². The van der Waals surface area contributed by atoms with Gasteiger partial charge in [-0.1, -0.05) is 47.3 Å². The highest BCUT2D eigenvalue weighted by Crippen LogP contribution is 2.38. The predicted molar refractivity (Wildman–Crippen MR) is 146 cm³/mol. The van der Waals surface area contributed by atoms with E-state index in [0.29, 0.717) is 46.0 Å². The quantitative estimate of drug-likeness (QED) is 0.290. The van der Waals surface area contributed by atoms with Crippen LogP contribution < -0.4 is 20.9 Å². The Kier molecular flexibility index (Phi) is 7.20. The van der Waals surface area contributed by atoms with Gasteiger partial charge in [-0.15, -0.1) is 0 Å². The van der Waals surface area contributed by atoms with Crippen LogP contribution in [0.4, 0.5) is 11.5 Å². The fraction of sp³-hybridized carbons (Fsp3) is 0.321. The molecule has 1 aliphatic rings. The molecule has 4 aromatic rings. The first kappa shape index (κ1) is 24.3. The fourth-order valence-electron chi connectivity index (χ4n) is 4.89. The van der Waals surface area contributed by atoms with Gasteiger partial charge >= 0.3 is 0 Å². The maximum atomic E-state index is 13.4. The summed E-state index contributed by atoms with van der Waals surface area (Å²) in [5, 5.41) is 8.07. The number of aromatic nitrogens is 3. The maximum absolute atomic E-state index is 13.4. The van der Waals surface area contributed by atoms with Crippen LogP contribution in [0.3, 0.4) is 0 Å². The predicted octanol–water partition coefficient (Wildman–Crippen LogP) is 5.91. The first-order valence-corrected chi connectivity index (χ1v) is 12.7. The number of aryl methyl sites for hydroxylation is 2. The highest BCUT2D eigenvalue weighted by atomic mass is 35.5. The summed E-state index contributed by atoms with van der Waals surface area (Å²) in [7, 11) is 0. The number of piperidine rings is 1. The van der Waals surface area contributed by atoms with Crippen molar-refractivity contribution in [2.75, 3.05) is 18.5 Å². The number of nitrogens with one attached hydrogen (secondary N) is 3. The Morgan fingerprint density at radius 3 is 2.69 bits per heavy atom. The molecule has 5 rings (SSSR count). The van der Waals surface area contributed by atoms with Gasteiger partial charge in [-0.2, -0.15) is 0 Å². The molecule has 1 fully saturated rings. The van der Waals surface area contributed by atoms with Gasteiger partial charge in [-0.3, -0.25) is 4.79 Å². The van der Waals surface area contributed by atoms with E-state index in [9.17, 15) is 4.79 Å². The average Bonchev–Trinajstić information content (AvgIpc) is 2.85. The zero-order valence-electron chi connectivity index (χ0n) is 20.5. The van der Waals surface area contributed by atoms with Gasteiger partial charge in [0.05, 0.1) is 28.4 Å². The van der Waals surface area contributed by atoms with Crippen molar-refractivity contribution in [2.24, 2.45) is 0 Å². The average molecular weight is 504 g/mol. The van der Waals surface area contributed by atoms with Crippen LogP contribution in [0.25, 0.3) is 22.0 Å². The van der Waals surface area contributed by atoms with E-state index in [1.165, 1.54) is 19.2 Å². The van der Waals surface area contributed by atoms with E-state index in [-0.39, 0.29) is 5.56 Å². The zero-order valence-corrected chi connectivity index (χ0v) is 21.3. The summed E-state index contributed by atoms with van der Waals surface area (Å²) in [6.07, 6.45) is 7.60. The van der Waals surface area contributed by atoms with Crippen LogP contribution in [0.1, 0.15) is 36.8 Å². The van der Waals surface area contributed by atoms with Crippen molar-refractivity contribution in [1.29, 1.82) is 0 Å². The molecule has 1 aliphatic heterocycles. The van der Waals surface area contributed by atoms with Crippen LogP contribution in [0, 0.1) is 13.8 Å². The molecule has 0 aliphatic carbocycles. The number of hydrogen-bond acceptors (Lipinski definition) is 6. The Labute approximate surface area is 215 Å². The van der Waals surface area contributed by atoms with E-state index in [2.05, 4.69) is 31.7 Å². The third-order valence-electron chi connectivity index (χ3n) is 6.53. The van der Waals surface area contributed by atoms with Crippen LogP contribution in [0.15, 0.2) is 53.7 Å².